The topological polar surface area (TPSA) is 98.9 Å². The molecule has 148 valence electrons. The Kier molecular flexibility index (Phi) is 6.08. The molecule has 0 spiro atoms. The van der Waals surface area contributed by atoms with Gasteiger partial charge in [-0.25, -0.2) is 14.7 Å². The van der Waals surface area contributed by atoms with Crippen LogP contribution in [-0.2, 0) is 25.5 Å². The van der Waals surface area contributed by atoms with Crippen molar-refractivity contribution in [3.63, 3.8) is 0 Å². The van der Waals surface area contributed by atoms with E-state index in [1.807, 2.05) is 30.3 Å². The van der Waals surface area contributed by atoms with Crippen LogP contribution in [0.5, 0.6) is 0 Å². The van der Waals surface area contributed by atoms with Crippen molar-refractivity contribution < 1.29 is 28.3 Å². The van der Waals surface area contributed by atoms with Crippen molar-refractivity contribution in [3.05, 3.63) is 53.7 Å². The Morgan fingerprint density at radius 2 is 2.07 bits per heavy atom. The van der Waals surface area contributed by atoms with E-state index in [-0.39, 0.29) is 19.4 Å². The quantitative estimate of drug-likeness (QED) is 0.675. The highest BCUT2D eigenvalue weighted by Gasteiger charge is 2.39. The second-order valence-electron chi connectivity index (χ2n) is 6.51. The Morgan fingerprint density at radius 1 is 1.32 bits per heavy atom. The summed E-state index contributed by atoms with van der Waals surface area (Å²) in [6.07, 6.45) is 0.147. The SMILES string of the molecule is CCC(=O)O[C@H](CC(=O)N1C(=O)OC[C@H]1Cc1ccccc1)c1coc(C)n1. The zero-order chi connectivity index (χ0) is 20.1. The van der Waals surface area contributed by atoms with Crippen LogP contribution in [0.3, 0.4) is 0 Å². The van der Waals surface area contributed by atoms with E-state index in [2.05, 4.69) is 4.98 Å². The van der Waals surface area contributed by atoms with E-state index in [1.54, 1.807) is 13.8 Å². The fourth-order valence-corrected chi connectivity index (χ4v) is 3.04. The number of oxazole rings is 1. The van der Waals surface area contributed by atoms with Gasteiger partial charge in [-0.3, -0.25) is 9.59 Å². The molecule has 0 aliphatic carbocycles. The summed E-state index contributed by atoms with van der Waals surface area (Å²) in [5.74, 6) is -0.566. The molecule has 28 heavy (non-hydrogen) atoms. The second kappa shape index (κ2) is 8.69. The lowest BCUT2D eigenvalue weighted by atomic mass is 10.1. The predicted molar refractivity (Wildman–Crippen MR) is 97.1 cm³/mol. The van der Waals surface area contributed by atoms with Gasteiger partial charge >= 0.3 is 12.1 Å². The fraction of sp³-hybridized carbons (Fsp3) is 0.400. The van der Waals surface area contributed by atoms with Gasteiger partial charge in [-0.2, -0.15) is 0 Å². The highest BCUT2D eigenvalue weighted by atomic mass is 16.6. The van der Waals surface area contributed by atoms with Crippen LogP contribution < -0.4 is 0 Å². The normalized spacial score (nSPS) is 17.3. The number of imide groups is 1. The fourth-order valence-electron chi connectivity index (χ4n) is 3.04. The Morgan fingerprint density at radius 3 is 2.71 bits per heavy atom. The Labute approximate surface area is 162 Å². The van der Waals surface area contributed by atoms with Gasteiger partial charge in [0, 0.05) is 13.3 Å². The molecule has 0 bridgehead atoms. The summed E-state index contributed by atoms with van der Waals surface area (Å²) in [5.41, 5.74) is 1.32. The van der Waals surface area contributed by atoms with Crippen molar-refractivity contribution in [1.29, 1.82) is 0 Å². The molecule has 3 rings (SSSR count). The highest BCUT2D eigenvalue weighted by Crippen LogP contribution is 2.26. The molecule has 0 radical (unpaired) electrons. The molecule has 8 heteroatoms. The van der Waals surface area contributed by atoms with Crippen molar-refractivity contribution >= 4 is 18.0 Å². The standard InChI is InChI=1S/C20H22N2O6/c1-3-19(24)28-17(16-12-26-13(2)21-16)10-18(23)22-15(11-27-20(22)25)9-14-7-5-4-6-8-14/h4-8,12,15,17H,3,9-11H2,1-2H3/t15-,17-/m1/s1. The van der Waals surface area contributed by atoms with E-state index in [0.717, 1.165) is 10.5 Å². The predicted octanol–water partition coefficient (Wildman–Crippen LogP) is 2.96. The Hall–Kier alpha value is -3.16. The van der Waals surface area contributed by atoms with Crippen LogP contribution in [0.1, 0.15) is 43.0 Å². The molecular weight excluding hydrogens is 364 g/mol. The van der Waals surface area contributed by atoms with Crippen molar-refractivity contribution in [2.24, 2.45) is 0 Å². The van der Waals surface area contributed by atoms with Gasteiger partial charge in [0.1, 0.15) is 18.6 Å². The van der Waals surface area contributed by atoms with E-state index in [0.29, 0.717) is 18.0 Å². The zero-order valence-electron chi connectivity index (χ0n) is 15.8. The molecule has 8 nitrogen and oxygen atoms in total. The number of hydrogen-bond acceptors (Lipinski definition) is 7. The number of aromatic nitrogens is 1. The van der Waals surface area contributed by atoms with Crippen LogP contribution in [0.15, 0.2) is 41.0 Å². The number of aryl methyl sites for hydroxylation is 1. The Bertz CT molecular complexity index is 847. The van der Waals surface area contributed by atoms with Gasteiger partial charge in [0.25, 0.3) is 0 Å². The summed E-state index contributed by atoms with van der Waals surface area (Å²) < 4.78 is 15.6. The number of amides is 2. The van der Waals surface area contributed by atoms with E-state index in [4.69, 9.17) is 13.9 Å². The number of esters is 1. The summed E-state index contributed by atoms with van der Waals surface area (Å²) >= 11 is 0. The van der Waals surface area contributed by atoms with E-state index in [1.165, 1.54) is 6.26 Å². The summed E-state index contributed by atoms with van der Waals surface area (Å²) in [7, 11) is 0. The van der Waals surface area contributed by atoms with Crippen LogP contribution in [0.2, 0.25) is 0 Å². The molecule has 2 amide bonds. The third-order valence-corrected chi connectivity index (χ3v) is 4.43. The van der Waals surface area contributed by atoms with Gasteiger partial charge in [0.05, 0.1) is 12.5 Å². The first kappa shape index (κ1) is 19.6. The third-order valence-electron chi connectivity index (χ3n) is 4.43. The number of ether oxygens (including phenoxy) is 2. The first-order valence-corrected chi connectivity index (χ1v) is 9.12. The first-order valence-electron chi connectivity index (χ1n) is 9.12. The van der Waals surface area contributed by atoms with Gasteiger partial charge in [-0.05, 0) is 12.0 Å². The molecule has 0 unspecified atom stereocenters. The lowest BCUT2D eigenvalue weighted by Gasteiger charge is -2.22. The summed E-state index contributed by atoms with van der Waals surface area (Å²) in [6, 6.07) is 9.13. The smallest absolute Gasteiger partial charge is 0.416 e. The molecule has 1 aliphatic rings. The van der Waals surface area contributed by atoms with Crippen molar-refractivity contribution in [3.8, 4) is 0 Å². The average Bonchev–Trinajstić information content (AvgIpc) is 3.27. The van der Waals surface area contributed by atoms with Gasteiger partial charge < -0.3 is 13.9 Å². The van der Waals surface area contributed by atoms with E-state index in [9.17, 15) is 14.4 Å². The number of benzene rings is 1. The van der Waals surface area contributed by atoms with E-state index < -0.39 is 30.1 Å². The second-order valence-corrected chi connectivity index (χ2v) is 6.51. The monoisotopic (exact) mass is 386 g/mol. The van der Waals surface area contributed by atoms with Gasteiger partial charge in [-0.15, -0.1) is 0 Å². The number of hydrogen-bond donors (Lipinski definition) is 0. The van der Waals surface area contributed by atoms with E-state index >= 15 is 0 Å². The van der Waals surface area contributed by atoms with Gasteiger partial charge in [0.2, 0.25) is 5.91 Å². The molecule has 0 N–H and O–H groups in total. The first-order chi connectivity index (χ1) is 13.5. The maximum Gasteiger partial charge on any atom is 0.416 e. The van der Waals surface area contributed by atoms with Crippen LogP contribution >= 0.6 is 0 Å². The minimum absolute atomic E-state index is 0.127. The number of carbonyl (C=O) groups excluding carboxylic acids is 3. The molecule has 1 aromatic carbocycles. The van der Waals surface area contributed by atoms with Crippen LogP contribution in [0.25, 0.3) is 0 Å². The maximum atomic E-state index is 12.9. The van der Waals surface area contributed by atoms with Crippen molar-refractivity contribution in [2.75, 3.05) is 6.61 Å². The third kappa shape index (κ3) is 4.57. The number of cyclic esters (lactones) is 1. The minimum atomic E-state index is -0.928. The molecular formula is C20H22N2O6. The average molecular weight is 386 g/mol. The molecule has 1 aliphatic heterocycles. The molecule has 1 saturated heterocycles. The lowest BCUT2D eigenvalue weighted by Crippen LogP contribution is -2.41. The maximum absolute atomic E-state index is 12.9. The summed E-state index contributed by atoms with van der Waals surface area (Å²) in [6.45, 7) is 3.43. The molecule has 1 aromatic heterocycles. The number of nitrogens with zero attached hydrogens (tertiary/aromatic N) is 2. The number of rotatable bonds is 7. The number of carbonyl (C=O) groups is 3. The minimum Gasteiger partial charge on any atom is -0.455 e. The summed E-state index contributed by atoms with van der Waals surface area (Å²) in [4.78, 5) is 42.1. The largest absolute Gasteiger partial charge is 0.455 e. The van der Waals surface area contributed by atoms with Crippen LogP contribution in [0.4, 0.5) is 4.79 Å². The van der Waals surface area contributed by atoms with Crippen molar-refractivity contribution in [1.82, 2.24) is 9.88 Å². The van der Waals surface area contributed by atoms with Gasteiger partial charge in [-0.1, -0.05) is 37.3 Å². The molecule has 1 fully saturated rings. The molecule has 0 saturated carbocycles. The highest BCUT2D eigenvalue weighted by molar-refractivity contribution is 5.94. The molecule has 2 heterocycles. The zero-order valence-corrected chi connectivity index (χ0v) is 15.8. The Balaban J connectivity index is 1.75. The molecule has 2 atom stereocenters. The lowest BCUT2D eigenvalue weighted by molar-refractivity contribution is -0.151. The van der Waals surface area contributed by atoms with Crippen molar-refractivity contribution in [2.45, 2.75) is 45.3 Å². The van der Waals surface area contributed by atoms with Crippen LogP contribution in [0, 0.1) is 6.92 Å². The molecule has 2 aromatic rings. The summed E-state index contributed by atoms with van der Waals surface area (Å²) in [5, 5.41) is 0. The van der Waals surface area contributed by atoms with Gasteiger partial charge in [0.15, 0.2) is 12.0 Å². The van der Waals surface area contributed by atoms with Crippen LogP contribution in [-0.4, -0.2) is 40.5 Å².